The fourth-order valence-electron chi connectivity index (χ4n) is 3.87. The van der Waals surface area contributed by atoms with E-state index in [-0.39, 0.29) is 48.3 Å². The van der Waals surface area contributed by atoms with Gasteiger partial charge in [0.1, 0.15) is 0 Å². The number of thiophene rings is 1. The molecule has 3 aromatic rings. The highest BCUT2D eigenvalue weighted by Gasteiger charge is 2.39. The lowest BCUT2D eigenvalue weighted by Crippen LogP contribution is -2.58. The number of piperazine rings is 1. The molecule has 38 heavy (non-hydrogen) atoms. The summed E-state index contributed by atoms with van der Waals surface area (Å²) < 4.78 is 46.0. The third-order valence-corrected chi connectivity index (χ3v) is 8.76. The Morgan fingerprint density at radius 3 is 2.26 bits per heavy atom. The van der Waals surface area contributed by atoms with Gasteiger partial charge >= 0.3 is 0 Å². The van der Waals surface area contributed by atoms with Crippen molar-refractivity contribution in [2.75, 3.05) is 32.8 Å². The van der Waals surface area contributed by atoms with Gasteiger partial charge in [0.2, 0.25) is 15.2 Å². The Kier molecular flexibility index (Phi) is 8.42. The second-order valence-electron chi connectivity index (χ2n) is 8.61. The van der Waals surface area contributed by atoms with Gasteiger partial charge in [-0.15, -0.1) is 11.3 Å². The van der Waals surface area contributed by atoms with Gasteiger partial charge < -0.3 is 19.9 Å². The third-order valence-electron chi connectivity index (χ3n) is 6.02. The first-order valence-electron chi connectivity index (χ1n) is 11.8. The Hall–Kier alpha value is -3.77. The summed E-state index contributed by atoms with van der Waals surface area (Å²) in [6.07, 6.45) is 0. The molecule has 200 valence electrons. The van der Waals surface area contributed by atoms with Crippen LogP contribution in [0.15, 0.2) is 70.9 Å². The number of carbonyl (C=O) groups is 3. The molecule has 9 nitrogen and oxygen atoms in total. The molecule has 3 amide bonds. The summed E-state index contributed by atoms with van der Waals surface area (Å²) >= 11 is 1.12. The minimum atomic E-state index is -4.28. The SMILES string of the molecule is Cc1ccc(S(=O)(=O)[C@H](NC(=O)c2cccs2)C(=O)N2CCN(C(=O)COc3ccccc3F)CC2)cc1. The number of hydrogen-bond acceptors (Lipinski definition) is 7. The average molecular weight is 560 g/mol. The number of hydrogen-bond donors (Lipinski definition) is 1. The molecule has 1 aliphatic heterocycles. The van der Waals surface area contributed by atoms with E-state index in [0.717, 1.165) is 16.9 Å². The highest BCUT2D eigenvalue weighted by atomic mass is 32.2. The number of carbonyl (C=O) groups excluding carboxylic acids is 3. The van der Waals surface area contributed by atoms with E-state index >= 15 is 0 Å². The number of sulfone groups is 1. The Morgan fingerprint density at radius 2 is 1.63 bits per heavy atom. The molecule has 1 fully saturated rings. The van der Waals surface area contributed by atoms with Crippen molar-refractivity contribution in [3.8, 4) is 5.75 Å². The molecule has 0 unspecified atom stereocenters. The summed E-state index contributed by atoms with van der Waals surface area (Å²) in [5.41, 5.74) is 0.842. The smallest absolute Gasteiger partial charge is 0.262 e. The summed E-state index contributed by atoms with van der Waals surface area (Å²) in [5, 5.41) is 2.24. The first kappa shape index (κ1) is 27.3. The molecule has 0 saturated carbocycles. The van der Waals surface area contributed by atoms with E-state index in [0.29, 0.717) is 0 Å². The predicted octanol–water partition coefficient (Wildman–Crippen LogP) is 2.48. The quantitative estimate of drug-likeness (QED) is 0.454. The number of nitrogens with one attached hydrogen (secondary N) is 1. The molecular formula is C26H26FN3O6S2. The van der Waals surface area contributed by atoms with Crippen LogP contribution in [0.25, 0.3) is 0 Å². The number of aryl methyl sites for hydroxylation is 1. The largest absolute Gasteiger partial charge is 0.481 e. The molecule has 2 aromatic carbocycles. The average Bonchev–Trinajstić information content (AvgIpc) is 3.46. The molecule has 1 N–H and O–H groups in total. The van der Waals surface area contributed by atoms with E-state index in [1.54, 1.807) is 36.6 Å². The van der Waals surface area contributed by atoms with Crippen LogP contribution in [0.1, 0.15) is 15.2 Å². The van der Waals surface area contributed by atoms with Crippen molar-refractivity contribution in [3.63, 3.8) is 0 Å². The van der Waals surface area contributed by atoms with Gasteiger partial charge in [-0.3, -0.25) is 14.4 Å². The number of benzene rings is 2. The van der Waals surface area contributed by atoms with Gasteiger partial charge in [-0.1, -0.05) is 35.9 Å². The van der Waals surface area contributed by atoms with Crippen LogP contribution in [0.2, 0.25) is 0 Å². The number of ether oxygens (including phenoxy) is 1. The normalized spacial score (nSPS) is 14.6. The van der Waals surface area contributed by atoms with Gasteiger partial charge in [-0.05, 0) is 42.6 Å². The maximum absolute atomic E-state index is 13.7. The number of nitrogens with zero attached hydrogens (tertiary/aromatic N) is 2. The molecule has 1 aromatic heterocycles. The molecule has 4 rings (SSSR count). The molecule has 0 bridgehead atoms. The number of amides is 3. The number of halogens is 1. The molecule has 1 aliphatic rings. The van der Waals surface area contributed by atoms with Crippen LogP contribution in [0.5, 0.6) is 5.75 Å². The molecule has 1 saturated heterocycles. The summed E-state index contributed by atoms with van der Waals surface area (Å²) in [6.45, 7) is 1.79. The van der Waals surface area contributed by atoms with Gasteiger partial charge in [-0.2, -0.15) is 0 Å². The Morgan fingerprint density at radius 1 is 0.974 bits per heavy atom. The molecule has 0 radical (unpaired) electrons. The predicted molar refractivity (Wildman–Crippen MR) is 139 cm³/mol. The van der Waals surface area contributed by atoms with Gasteiger partial charge in [0.05, 0.1) is 9.77 Å². The van der Waals surface area contributed by atoms with Crippen LogP contribution in [-0.4, -0.2) is 74.1 Å². The van der Waals surface area contributed by atoms with Crippen LogP contribution in [0, 0.1) is 12.7 Å². The monoisotopic (exact) mass is 559 g/mol. The fraction of sp³-hybridized carbons (Fsp3) is 0.269. The van der Waals surface area contributed by atoms with Crippen LogP contribution in [0.4, 0.5) is 4.39 Å². The minimum Gasteiger partial charge on any atom is -0.481 e. The zero-order valence-electron chi connectivity index (χ0n) is 20.5. The lowest BCUT2D eigenvalue weighted by atomic mass is 10.2. The molecule has 0 spiro atoms. The van der Waals surface area contributed by atoms with E-state index in [1.165, 1.54) is 46.2 Å². The minimum absolute atomic E-state index is 0.0414. The summed E-state index contributed by atoms with van der Waals surface area (Å²) in [4.78, 5) is 41.8. The maximum Gasteiger partial charge on any atom is 0.262 e. The summed E-state index contributed by atoms with van der Waals surface area (Å²) in [7, 11) is -4.28. The van der Waals surface area contributed by atoms with Crippen molar-refractivity contribution in [3.05, 3.63) is 82.3 Å². The first-order chi connectivity index (χ1) is 18.2. The van der Waals surface area contributed by atoms with Crippen molar-refractivity contribution in [2.24, 2.45) is 0 Å². The lowest BCUT2D eigenvalue weighted by molar-refractivity contribution is -0.140. The Labute approximate surface area is 223 Å². The summed E-state index contributed by atoms with van der Waals surface area (Å²) in [5.74, 6) is -2.48. The van der Waals surface area contributed by atoms with Crippen molar-refractivity contribution < 1.29 is 31.9 Å². The highest BCUT2D eigenvalue weighted by molar-refractivity contribution is 7.92. The zero-order chi connectivity index (χ0) is 27.3. The number of para-hydroxylation sites is 1. The van der Waals surface area contributed by atoms with Gasteiger partial charge in [0.15, 0.2) is 18.2 Å². The zero-order valence-corrected chi connectivity index (χ0v) is 22.1. The second-order valence-corrected chi connectivity index (χ2v) is 11.6. The van der Waals surface area contributed by atoms with Crippen molar-refractivity contribution in [1.82, 2.24) is 15.1 Å². The topological polar surface area (TPSA) is 113 Å². The number of rotatable bonds is 8. The van der Waals surface area contributed by atoms with E-state index in [4.69, 9.17) is 4.74 Å². The molecule has 1 atom stereocenters. The van der Waals surface area contributed by atoms with Crippen molar-refractivity contribution in [1.29, 1.82) is 0 Å². The molecule has 0 aliphatic carbocycles. The van der Waals surface area contributed by atoms with E-state index < -0.39 is 38.7 Å². The first-order valence-corrected chi connectivity index (χ1v) is 14.2. The lowest BCUT2D eigenvalue weighted by Gasteiger charge is -2.36. The third kappa shape index (κ3) is 6.20. The second kappa shape index (κ2) is 11.7. The highest BCUT2D eigenvalue weighted by Crippen LogP contribution is 2.20. The van der Waals surface area contributed by atoms with Crippen molar-refractivity contribution >= 4 is 38.9 Å². The van der Waals surface area contributed by atoms with Gasteiger partial charge in [0.25, 0.3) is 17.7 Å². The van der Waals surface area contributed by atoms with E-state index in [2.05, 4.69) is 5.32 Å². The molecule has 2 heterocycles. The van der Waals surface area contributed by atoms with E-state index in [9.17, 15) is 27.2 Å². The van der Waals surface area contributed by atoms with Crippen molar-refractivity contribution in [2.45, 2.75) is 17.2 Å². The Balaban J connectivity index is 1.45. The molecule has 12 heteroatoms. The Bertz CT molecular complexity index is 1400. The van der Waals surface area contributed by atoms with Crippen LogP contribution in [0.3, 0.4) is 0 Å². The fourth-order valence-corrected chi connectivity index (χ4v) is 5.96. The molecular weight excluding hydrogens is 533 g/mol. The standard InChI is InChI=1S/C26H26FN3O6S2/c1-18-8-10-19(11-9-18)38(34,35)25(28-24(32)22-7-4-16-37-22)26(33)30-14-12-29(13-15-30)23(31)17-36-21-6-3-2-5-20(21)27/h2-11,16,25H,12-15,17H2,1H3,(H,28,32)/t25-/m0/s1. The van der Waals surface area contributed by atoms with Gasteiger partial charge in [0, 0.05) is 26.2 Å². The summed E-state index contributed by atoms with van der Waals surface area (Å²) in [6, 6.07) is 14.9. The van der Waals surface area contributed by atoms with Gasteiger partial charge in [-0.25, -0.2) is 12.8 Å². The van der Waals surface area contributed by atoms with Crippen LogP contribution >= 0.6 is 11.3 Å². The maximum atomic E-state index is 13.7. The van der Waals surface area contributed by atoms with Crippen LogP contribution in [-0.2, 0) is 19.4 Å². The van der Waals surface area contributed by atoms with Crippen LogP contribution < -0.4 is 10.1 Å². The van der Waals surface area contributed by atoms with E-state index in [1.807, 2.05) is 0 Å².